The van der Waals surface area contributed by atoms with E-state index in [9.17, 15) is 9.59 Å². The predicted octanol–water partition coefficient (Wildman–Crippen LogP) is 1.06. The minimum Gasteiger partial charge on any atom is -0.359 e. The van der Waals surface area contributed by atoms with Gasteiger partial charge >= 0.3 is 0 Å². The van der Waals surface area contributed by atoms with Crippen molar-refractivity contribution in [2.45, 2.75) is 45.6 Å². The van der Waals surface area contributed by atoms with Gasteiger partial charge < -0.3 is 10.6 Å². The second-order valence-electron chi connectivity index (χ2n) is 4.83. The average molecular weight is 226 g/mol. The van der Waals surface area contributed by atoms with E-state index in [0.29, 0.717) is 0 Å². The Morgan fingerprint density at radius 3 is 2.12 bits per heavy atom. The Bertz CT molecular complexity index is 256. The largest absolute Gasteiger partial charge is 0.359 e. The fourth-order valence-electron chi connectivity index (χ4n) is 2.07. The van der Waals surface area contributed by atoms with Crippen LogP contribution in [0.3, 0.4) is 0 Å². The van der Waals surface area contributed by atoms with Crippen LogP contribution in [0.5, 0.6) is 0 Å². The average Bonchev–Trinajstić information content (AvgIpc) is 2.28. The van der Waals surface area contributed by atoms with Gasteiger partial charge in [0.05, 0.1) is 0 Å². The highest BCUT2D eigenvalue weighted by Gasteiger charge is 2.26. The first-order valence-electron chi connectivity index (χ1n) is 6.06. The van der Waals surface area contributed by atoms with Gasteiger partial charge in [-0.3, -0.25) is 9.59 Å². The molecule has 1 aliphatic carbocycles. The first-order chi connectivity index (χ1) is 7.54. The van der Waals surface area contributed by atoms with Crippen LogP contribution in [0.25, 0.3) is 0 Å². The number of hydrogen-bond donors (Lipinski definition) is 2. The molecule has 0 aromatic heterocycles. The Hall–Kier alpha value is -1.06. The summed E-state index contributed by atoms with van der Waals surface area (Å²) >= 11 is 0. The zero-order valence-electron chi connectivity index (χ0n) is 10.4. The van der Waals surface area contributed by atoms with Gasteiger partial charge in [0.2, 0.25) is 11.8 Å². The van der Waals surface area contributed by atoms with E-state index in [1.54, 1.807) is 7.05 Å². The lowest BCUT2D eigenvalue weighted by Gasteiger charge is -2.28. The molecule has 0 aromatic rings. The van der Waals surface area contributed by atoms with Crippen LogP contribution in [0, 0.1) is 11.8 Å². The van der Waals surface area contributed by atoms with Crippen molar-refractivity contribution in [1.82, 2.24) is 10.6 Å². The van der Waals surface area contributed by atoms with Crippen LogP contribution in [0.2, 0.25) is 0 Å². The summed E-state index contributed by atoms with van der Waals surface area (Å²) in [7, 11) is 1.68. The Morgan fingerprint density at radius 1 is 1.12 bits per heavy atom. The summed E-state index contributed by atoms with van der Waals surface area (Å²) in [6, 6.07) is 0.260. The van der Waals surface area contributed by atoms with Gasteiger partial charge in [0.15, 0.2) is 0 Å². The summed E-state index contributed by atoms with van der Waals surface area (Å²) in [5.74, 6) is 0.422. The Labute approximate surface area is 97.2 Å². The van der Waals surface area contributed by atoms with Gasteiger partial charge in [-0.2, -0.15) is 0 Å². The molecule has 1 saturated carbocycles. The molecule has 2 amide bonds. The van der Waals surface area contributed by atoms with Crippen molar-refractivity contribution < 1.29 is 9.59 Å². The molecule has 1 rings (SSSR count). The van der Waals surface area contributed by atoms with E-state index in [1.807, 2.05) is 13.8 Å². The molecule has 4 heteroatoms. The van der Waals surface area contributed by atoms with Crippen molar-refractivity contribution in [2.24, 2.45) is 11.8 Å². The molecular formula is C12H22N2O2. The number of nitrogens with one attached hydrogen (secondary N) is 2. The molecule has 1 fully saturated rings. The predicted molar refractivity (Wildman–Crippen MR) is 62.8 cm³/mol. The quantitative estimate of drug-likeness (QED) is 0.756. The third-order valence-corrected chi connectivity index (χ3v) is 3.22. The van der Waals surface area contributed by atoms with Crippen LogP contribution in [-0.2, 0) is 9.59 Å². The van der Waals surface area contributed by atoms with Crippen LogP contribution in [-0.4, -0.2) is 24.9 Å². The zero-order chi connectivity index (χ0) is 12.1. The van der Waals surface area contributed by atoms with Crippen LogP contribution in [0.1, 0.15) is 39.5 Å². The first-order valence-corrected chi connectivity index (χ1v) is 6.06. The molecule has 0 radical (unpaired) electrons. The van der Waals surface area contributed by atoms with Gasteiger partial charge in [0.25, 0.3) is 0 Å². The normalized spacial score (nSPS) is 25.2. The maximum absolute atomic E-state index is 11.5. The van der Waals surface area contributed by atoms with E-state index < -0.39 is 0 Å². The fraction of sp³-hybridized carbons (Fsp3) is 0.833. The molecule has 0 aliphatic heterocycles. The van der Waals surface area contributed by atoms with E-state index in [4.69, 9.17) is 0 Å². The summed E-state index contributed by atoms with van der Waals surface area (Å²) in [4.78, 5) is 22.9. The summed E-state index contributed by atoms with van der Waals surface area (Å²) in [5.41, 5.74) is 0. The summed E-state index contributed by atoms with van der Waals surface area (Å²) in [6.45, 7) is 3.79. The molecule has 0 saturated heterocycles. The van der Waals surface area contributed by atoms with Crippen LogP contribution >= 0.6 is 0 Å². The SMILES string of the molecule is CNC(=O)C1CCC(NC(=O)C(C)C)CC1. The second-order valence-corrected chi connectivity index (χ2v) is 4.83. The molecule has 16 heavy (non-hydrogen) atoms. The van der Waals surface area contributed by atoms with Crippen molar-refractivity contribution in [1.29, 1.82) is 0 Å². The van der Waals surface area contributed by atoms with Crippen molar-refractivity contribution in [3.05, 3.63) is 0 Å². The molecular weight excluding hydrogens is 204 g/mol. The third-order valence-electron chi connectivity index (χ3n) is 3.22. The summed E-state index contributed by atoms with van der Waals surface area (Å²) in [5, 5.41) is 5.71. The third kappa shape index (κ3) is 3.51. The molecule has 2 N–H and O–H groups in total. The standard InChI is InChI=1S/C12H22N2O2/c1-8(2)11(15)14-10-6-4-9(5-7-10)12(16)13-3/h8-10H,4-7H2,1-3H3,(H,13,16)(H,14,15). The number of amides is 2. The maximum atomic E-state index is 11.5. The van der Waals surface area contributed by atoms with E-state index in [2.05, 4.69) is 10.6 Å². The van der Waals surface area contributed by atoms with Crippen molar-refractivity contribution >= 4 is 11.8 Å². The van der Waals surface area contributed by atoms with Crippen molar-refractivity contribution in [3.8, 4) is 0 Å². The van der Waals surface area contributed by atoms with Gasteiger partial charge in [-0.15, -0.1) is 0 Å². The Morgan fingerprint density at radius 2 is 1.69 bits per heavy atom. The minimum absolute atomic E-state index is 0.0386. The smallest absolute Gasteiger partial charge is 0.222 e. The summed E-state index contributed by atoms with van der Waals surface area (Å²) < 4.78 is 0. The molecule has 0 spiro atoms. The number of carbonyl (C=O) groups is 2. The van der Waals surface area contributed by atoms with E-state index in [1.165, 1.54) is 0 Å². The molecule has 92 valence electrons. The van der Waals surface area contributed by atoms with Gasteiger partial charge in [-0.05, 0) is 25.7 Å². The fourth-order valence-corrected chi connectivity index (χ4v) is 2.07. The van der Waals surface area contributed by atoms with E-state index >= 15 is 0 Å². The highest BCUT2D eigenvalue weighted by molar-refractivity contribution is 5.79. The molecule has 0 atom stereocenters. The topological polar surface area (TPSA) is 58.2 Å². The Kier molecular flexibility index (Phi) is 4.77. The minimum atomic E-state index is 0.0386. The van der Waals surface area contributed by atoms with Gasteiger partial charge in [-0.1, -0.05) is 13.8 Å². The van der Waals surface area contributed by atoms with Crippen LogP contribution < -0.4 is 10.6 Å². The highest BCUT2D eigenvalue weighted by atomic mass is 16.2. The Balaban J connectivity index is 2.32. The highest BCUT2D eigenvalue weighted by Crippen LogP contribution is 2.24. The maximum Gasteiger partial charge on any atom is 0.222 e. The van der Waals surface area contributed by atoms with Crippen LogP contribution in [0.15, 0.2) is 0 Å². The van der Waals surface area contributed by atoms with Gasteiger partial charge in [-0.25, -0.2) is 0 Å². The number of carbonyl (C=O) groups excluding carboxylic acids is 2. The van der Waals surface area contributed by atoms with Crippen molar-refractivity contribution in [3.63, 3.8) is 0 Å². The zero-order valence-corrected chi connectivity index (χ0v) is 10.4. The molecule has 4 nitrogen and oxygen atoms in total. The van der Waals surface area contributed by atoms with Crippen LogP contribution in [0.4, 0.5) is 0 Å². The molecule has 0 unspecified atom stereocenters. The molecule has 0 aromatic carbocycles. The lowest BCUT2D eigenvalue weighted by atomic mass is 9.85. The molecule has 0 heterocycles. The van der Waals surface area contributed by atoms with E-state index in [-0.39, 0.29) is 29.7 Å². The summed E-state index contributed by atoms with van der Waals surface area (Å²) in [6.07, 6.45) is 3.58. The lowest BCUT2D eigenvalue weighted by molar-refractivity contribution is -0.126. The number of hydrogen-bond acceptors (Lipinski definition) is 2. The molecule has 0 bridgehead atoms. The molecule has 1 aliphatic rings. The number of rotatable bonds is 3. The van der Waals surface area contributed by atoms with Gasteiger partial charge in [0.1, 0.15) is 0 Å². The monoisotopic (exact) mass is 226 g/mol. The van der Waals surface area contributed by atoms with E-state index in [0.717, 1.165) is 25.7 Å². The second kappa shape index (κ2) is 5.87. The van der Waals surface area contributed by atoms with Gasteiger partial charge in [0, 0.05) is 24.9 Å². The lowest BCUT2D eigenvalue weighted by Crippen LogP contribution is -2.41. The van der Waals surface area contributed by atoms with Crippen molar-refractivity contribution in [2.75, 3.05) is 7.05 Å². The first kappa shape index (κ1) is 13.0.